The second-order valence-electron chi connectivity index (χ2n) is 3.48. The monoisotopic (exact) mass is 244 g/mol. The summed E-state index contributed by atoms with van der Waals surface area (Å²) >= 11 is 0. The van der Waals surface area contributed by atoms with Gasteiger partial charge in [-0.2, -0.15) is 0 Å². The summed E-state index contributed by atoms with van der Waals surface area (Å²) in [6.45, 7) is 0. The fourth-order valence-corrected chi connectivity index (χ4v) is 1.90. The Labute approximate surface area is 93.3 Å². The summed E-state index contributed by atoms with van der Waals surface area (Å²) in [7, 11) is -3.31. The molecule has 5 nitrogen and oxygen atoms in total. The number of aliphatic hydroxyl groups is 1. The van der Waals surface area contributed by atoms with Gasteiger partial charge in [0.1, 0.15) is 0 Å². The minimum absolute atomic E-state index is 0.112. The maximum atomic E-state index is 11.2. The Balaban J connectivity index is 2.96. The van der Waals surface area contributed by atoms with E-state index in [0.717, 1.165) is 6.26 Å². The molecule has 0 radical (unpaired) electrons. The van der Waals surface area contributed by atoms with Crippen LogP contribution in [0.1, 0.15) is 5.56 Å². The lowest BCUT2D eigenvalue weighted by molar-refractivity contribution is -0.146. The molecule has 6 heteroatoms. The Hall–Kier alpha value is -1.40. The lowest BCUT2D eigenvalue weighted by Crippen LogP contribution is -2.22. The molecular formula is C10H12O5S. The maximum Gasteiger partial charge on any atom is 0.332 e. The first-order valence-corrected chi connectivity index (χ1v) is 6.39. The van der Waals surface area contributed by atoms with Gasteiger partial charge in [-0.1, -0.05) is 12.1 Å². The smallest absolute Gasteiger partial charge is 0.332 e. The van der Waals surface area contributed by atoms with Gasteiger partial charge in [-0.15, -0.1) is 0 Å². The molecule has 1 aromatic carbocycles. The van der Waals surface area contributed by atoms with Crippen molar-refractivity contribution >= 4 is 15.8 Å². The molecule has 0 bridgehead atoms. The van der Waals surface area contributed by atoms with Crippen LogP contribution in [-0.2, 0) is 21.1 Å². The molecule has 0 amide bonds. The third-order valence-electron chi connectivity index (χ3n) is 2.04. The summed E-state index contributed by atoms with van der Waals surface area (Å²) in [5.74, 6) is -1.33. The molecule has 1 unspecified atom stereocenters. The SMILES string of the molecule is CS(=O)(=O)c1cccc(CC(O)C(=O)O)c1. The quantitative estimate of drug-likeness (QED) is 0.782. The number of hydrogen-bond donors (Lipinski definition) is 2. The van der Waals surface area contributed by atoms with Crippen LogP contribution < -0.4 is 0 Å². The number of aliphatic hydroxyl groups excluding tert-OH is 1. The number of hydrogen-bond acceptors (Lipinski definition) is 4. The lowest BCUT2D eigenvalue weighted by atomic mass is 10.1. The van der Waals surface area contributed by atoms with Crippen molar-refractivity contribution in [3.63, 3.8) is 0 Å². The Morgan fingerprint density at radius 1 is 1.44 bits per heavy atom. The molecule has 0 fully saturated rings. The van der Waals surface area contributed by atoms with Gasteiger partial charge >= 0.3 is 5.97 Å². The van der Waals surface area contributed by atoms with Crippen LogP contribution >= 0.6 is 0 Å². The van der Waals surface area contributed by atoms with E-state index >= 15 is 0 Å². The van der Waals surface area contributed by atoms with Crippen molar-refractivity contribution in [1.29, 1.82) is 0 Å². The van der Waals surface area contributed by atoms with E-state index in [-0.39, 0.29) is 11.3 Å². The topological polar surface area (TPSA) is 91.7 Å². The van der Waals surface area contributed by atoms with Crippen LogP contribution in [-0.4, -0.2) is 37.0 Å². The van der Waals surface area contributed by atoms with Crippen molar-refractivity contribution < 1.29 is 23.4 Å². The van der Waals surface area contributed by atoms with E-state index in [1.165, 1.54) is 18.2 Å². The molecule has 0 aliphatic rings. The molecule has 16 heavy (non-hydrogen) atoms. The number of sulfone groups is 1. The van der Waals surface area contributed by atoms with Gasteiger partial charge in [0.05, 0.1) is 4.90 Å². The summed E-state index contributed by atoms with van der Waals surface area (Å²) in [4.78, 5) is 10.5. The Morgan fingerprint density at radius 3 is 2.56 bits per heavy atom. The van der Waals surface area contributed by atoms with Gasteiger partial charge in [0.15, 0.2) is 15.9 Å². The molecule has 0 aliphatic heterocycles. The number of carbonyl (C=O) groups is 1. The van der Waals surface area contributed by atoms with E-state index in [0.29, 0.717) is 5.56 Å². The van der Waals surface area contributed by atoms with Crippen molar-refractivity contribution in [2.45, 2.75) is 17.4 Å². The van der Waals surface area contributed by atoms with E-state index < -0.39 is 21.9 Å². The zero-order valence-corrected chi connectivity index (χ0v) is 9.44. The van der Waals surface area contributed by atoms with Crippen LogP contribution in [0.25, 0.3) is 0 Å². The fourth-order valence-electron chi connectivity index (χ4n) is 1.21. The highest BCUT2D eigenvalue weighted by Crippen LogP contribution is 2.12. The zero-order valence-electron chi connectivity index (χ0n) is 8.62. The van der Waals surface area contributed by atoms with E-state index in [1.807, 2.05) is 0 Å². The summed E-state index contributed by atoms with van der Waals surface area (Å²) in [6.07, 6.45) is -0.562. The van der Waals surface area contributed by atoms with Crippen LogP contribution in [0.5, 0.6) is 0 Å². The normalized spacial score (nSPS) is 13.4. The number of aliphatic carboxylic acids is 1. The standard InChI is InChI=1S/C10H12O5S/c1-16(14,15)8-4-2-3-7(5-8)6-9(11)10(12)13/h2-5,9,11H,6H2,1H3,(H,12,13). The highest BCUT2D eigenvalue weighted by molar-refractivity contribution is 7.90. The fraction of sp³-hybridized carbons (Fsp3) is 0.300. The average Bonchev–Trinajstić information content (AvgIpc) is 2.16. The van der Waals surface area contributed by atoms with E-state index in [9.17, 15) is 13.2 Å². The Kier molecular flexibility index (Phi) is 3.66. The highest BCUT2D eigenvalue weighted by atomic mass is 32.2. The molecular weight excluding hydrogens is 232 g/mol. The maximum absolute atomic E-state index is 11.2. The van der Waals surface area contributed by atoms with Crippen molar-refractivity contribution in [1.82, 2.24) is 0 Å². The van der Waals surface area contributed by atoms with Gasteiger partial charge in [-0.25, -0.2) is 13.2 Å². The molecule has 2 N–H and O–H groups in total. The molecule has 0 saturated carbocycles. The van der Waals surface area contributed by atoms with Crippen molar-refractivity contribution in [3.8, 4) is 0 Å². The second kappa shape index (κ2) is 4.63. The number of benzene rings is 1. The summed E-state index contributed by atoms with van der Waals surface area (Å²) in [5, 5.41) is 17.6. The molecule has 0 saturated heterocycles. The number of carboxylic acids is 1. The van der Waals surface area contributed by atoms with Crippen LogP contribution in [0.4, 0.5) is 0 Å². The van der Waals surface area contributed by atoms with Gasteiger partial charge in [0.25, 0.3) is 0 Å². The van der Waals surface area contributed by atoms with E-state index in [1.54, 1.807) is 6.07 Å². The first-order chi connectivity index (χ1) is 7.30. The highest BCUT2D eigenvalue weighted by Gasteiger charge is 2.15. The molecule has 1 aromatic rings. The van der Waals surface area contributed by atoms with Gasteiger partial charge in [0.2, 0.25) is 0 Å². The summed E-state index contributed by atoms with van der Waals surface area (Å²) in [5.41, 5.74) is 0.470. The summed E-state index contributed by atoms with van der Waals surface area (Å²) < 4.78 is 22.5. The molecule has 0 aliphatic carbocycles. The van der Waals surface area contributed by atoms with Crippen LogP contribution in [0, 0.1) is 0 Å². The number of carboxylic acid groups (broad SMARTS) is 1. The minimum Gasteiger partial charge on any atom is -0.479 e. The van der Waals surface area contributed by atoms with Gasteiger partial charge in [0, 0.05) is 12.7 Å². The van der Waals surface area contributed by atoms with Crippen molar-refractivity contribution in [2.75, 3.05) is 6.26 Å². The zero-order chi connectivity index (χ0) is 12.3. The van der Waals surface area contributed by atoms with E-state index in [2.05, 4.69) is 0 Å². The van der Waals surface area contributed by atoms with Gasteiger partial charge in [-0.05, 0) is 17.7 Å². The van der Waals surface area contributed by atoms with Crippen LogP contribution in [0.2, 0.25) is 0 Å². The first kappa shape index (κ1) is 12.7. The Morgan fingerprint density at radius 2 is 2.06 bits per heavy atom. The average molecular weight is 244 g/mol. The third kappa shape index (κ3) is 3.32. The Bertz CT molecular complexity index is 492. The predicted molar refractivity (Wildman–Crippen MR) is 56.9 cm³/mol. The van der Waals surface area contributed by atoms with Crippen molar-refractivity contribution in [2.24, 2.45) is 0 Å². The molecule has 0 aromatic heterocycles. The molecule has 1 rings (SSSR count). The third-order valence-corrected chi connectivity index (χ3v) is 3.15. The molecule has 88 valence electrons. The molecule has 1 atom stereocenters. The molecule has 0 heterocycles. The molecule has 0 spiro atoms. The predicted octanol–water partition coefficient (Wildman–Crippen LogP) is 0.0781. The van der Waals surface area contributed by atoms with Crippen LogP contribution in [0.15, 0.2) is 29.2 Å². The van der Waals surface area contributed by atoms with Gasteiger partial charge < -0.3 is 10.2 Å². The van der Waals surface area contributed by atoms with Gasteiger partial charge in [-0.3, -0.25) is 0 Å². The summed E-state index contributed by atoms with van der Waals surface area (Å²) in [6, 6.07) is 5.87. The largest absolute Gasteiger partial charge is 0.479 e. The lowest BCUT2D eigenvalue weighted by Gasteiger charge is -2.06. The number of rotatable bonds is 4. The van der Waals surface area contributed by atoms with Crippen molar-refractivity contribution in [3.05, 3.63) is 29.8 Å². The first-order valence-electron chi connectivity index (χ1n) is 4.50. The second-order valence-corrected chi connectivity index (χ2v) is 5.49. The minimum atomic E-state index is -3.31. The van der Waals surface area contributed by atoms with Crippen LogP contribution in [0.3, 0.4) is 0 Å². The van der Waals surface area contributed by atoms with E-state index in [4.69, 9.17) is 10.2 Å².